The van der Waals surface area contributed by atoms with Crippen molar-refractivity contribution in [2.24, 2.45) is 5.92 Å². The Bertz CT molecular complexity index is 570. The Morgan fingerprint density at radius 2 is 2.00 bits per heavy atom. The van der Waals surface area contributed by atoms with Gasteiger partial charge in [0.2, 0.25) is 0 Å². The van der Waals surface area contributed by atoms with E-state index in [1.54, 1.807) is 0 Å². The van der Waals surface area contributed by atoms with Gasteiger partial charge >= 0.3 is 0 Å². The minimum atomic E-state index is -0.552. The molecule has 1 aliphatic carbocycles. The second-order valence-corrected chi connectivity index (χ2v) is 5.71. The average molecular weight is 256 g/mol. The predicted molar refractivity (Wildman–Crippen MR) is 75.1 cm³/mol. The van der Waals surface area contributed by atoms with Crippen LogP contribution in [-0.2, 0) is 6.42 Å². The first kappa shape index (κ1) is 12.5. The maximum absolute atomic E-state index is 10.3. The lowest BCUT2D eigenvalue weighted by atomic mass is 10.0. The molecule has 1 heterocycles. The van der Waals surface area contributed by atoms with Crippen molar-refractivity contribution in [2.75, 3.05) is 0 Å². The summed E-state index contributed by atoms with van der Waals surface area (Å²) in [6.07, 6.45) is 1.27. The fourth-order valence-corrected chi connectivity index (χ4v) is 2.61. The van der Waals surface area contributed by atoms with Gasteiger partial charge in [-0.1, -0.05) is 31.2 Å². The fraction of sp³-hybridized carbons (Fsp3) is 0.412. The van der Waals surface area contributed by atoms with Crippen molar-refractivity contribution in [3.8, 4) is 0 Å². The minimum absolute atomic E-state index is 0.552. The van der Waals surface area contributed by atoms with Gasteiger partial charge in [-0.25, -0.2) is 0 Å². The quantitative estimate of drug-likeness (QED) is 0.897. The van der Waals surface area contributed by atoms with Gasteiger partial charge in [0.15, 0.2) is 0 Å². The Balaban J connectivity index is 1.72. The summed E-state index contributed by atoms with van der Waals surface area (Å²) in [5, 5.41) is 10.3. The van der Waals surface area contributed by atoms with Crippen molar-refractivity contribution in [2.45, 2.75) is 38.7 Å². The zero-order valence-electron chi connectivity index (χ0n) is 11.5. The summed E-state index contributed by atoms with van der Waals surface area (Å²) in [4.78, 5) is 0. The van der Waals surface area contributed by atoms with Gasteiger partial charge in [-0.05, 0) is 42.5 Å². The molecule has 19 heavy (non-hydrogen) atoms. The van der Waals surface area contributed by atoms with E-state index in [9.17, 15) is 5.11 Å². The highest BCUT2D eigenvalue weighted by atomic mass is 16.4. The normalized spacial score (nSPS) is 23.3. The highest BCUT2D eigenvalue weighted by molar-refractivity contribution is 5.27. The molecule has 0 radical (unpaired) electrons. The molecular weight excluding hydrogens is 236 g/mol. The summed E-state index contributed by atoms with van der Waals surface area (Å²) in [6.45, 7) is 4.30. The van der Waals surface area contributed by atoms with E-state index in [0.717, 1.165) is 11.7 Å². The zero-order chi connectivity index (χ0) is 13.4. The van der Waals surface area contributed by atoms with E-state index in [1.165, 1.54) is 17.5 Å². The number of aryl methyl sites for hydroxylation is 1. The maximum Gasteiger partial charge on any atom is 0.133 e. The highest BCUT2D eigenvalue weighted by Crippen LogP contribution is 2.47. The van der Waals surface area contributed by atoms with E-state index in [4.69, 9.17) is 4.42 Å². The third-order valence-corrected chi connectivity index (χ3v) is 4.13. The van der Waals surface area contributed by atoms with Crippen molar-refractivity contribution < 1.29 is 9.52 Å². The molecule has 100 valence electrons. The fourth-order valence-electron chi connectivity index (χ4n) is 2.61. The summed E-state index contributed by atoms with van der Waals surface area (Å²) >= 11 is 0. The van der Waals surface area contributed by atoms with Gasteiger partial charge in [0.25, 0.3) is 0 Å². The topological polar surface area (TPSA) is 33.4 Å². The maximum atomic E-state index is 10.3. The number of benzene rings is 1. The first-order chi connectivity index (χ1) is 9.15. The largest absolute Gasteiger partial charge is 0.463 e. The van der Waals surface area contributed by atoms with Gasteiger partial charge in [-0.2, -0.15) is 0 Å². The van der Waals surface area contributed by atoms with Crippen LogP contribution in [-0.4, -0.2) is 5.11 Å². The van der Waals surface area contributed by atoms with Crippen LogP contribution in [0.15, 0.2) is 40.8 Å². The Morgan fingerprint density at radius 1 is 1.26 bits per heavy atom. The average Bonchev–Trinajstić information content (AvgIpc) is 2.93. The molecular formula is C17H20O2. The highest BCUT2D eigenvalue weighted by Gasteiger charge is 2.36. The van der Waals surface area contributed by atoms with Crippen LogP contribution >= 0.6 is 0 Å². The summed E-state index contributed by atoms with van der Waals surface area (Å²) < 4.78 is 5.80. The summed E-state index contributed by atoms with van der Waals surface area (Å²) in [6, 6.07) is 12.1. The molecule has 0 aliphatic heterocycles. The smallest absolute Gasteiger partial charge is 0.133 e. The van der Waals surface area contributed by atoms with Crippen LogP contribution in [0.3, 0.4) is 0 Å². The summed E-state index contributed by atoms with van der Waals surface area (Å²) in [5.41, 5.74) is 2.39. The number of aliphatic hydroxyl groups excluding tert-OH is 1. The Labute approximate surface area is 114 Å². The lowest BCUT2D eigenvalue weighted by Gasteiger charge is -2.10. The second kappa shape index (κ2) is 4.86. The van der Waals surface area contributed by atoms with E-state index in [2.05, 4.69) is 26.0 Å². The first-order valence-electron chi connectivity index (χ1n) is 6.97. The Kier molecular flexibility index (Phi) is 3.19. The number of furan rings is 1. The third kappa shape index (κ3) is 2.59. The van der Waals surface area contributed by atoms with Crippen molar-refractivity contribution in [1.29, 1.82) is 0 Å². The van der Waals surface area contributed by atoms with Crippen molar-refractivity contribution in [1.82, 2.24) is 0 Å². The molecule has 3 rings (SSSR count). The molecule has 2 heteroatoms. The summed E-state index contributed by atoms with van der Waals surface area (Å²) in [5.74, 6) is 3.02. The Hall–Kier alpha value is -1.54. The zero-order valence-corrected chi connectivity index (χ0v) is 11.5. The molecule has 1 N–H and O–H groups in total. The van der Waals surface area contributed by atoms with Gasteiger partial charge < -0.3 is 9.52 Å². The standard InChI is InChI=1S/C17H20O2/c1-11-5-3-4-6-13(11)10-15(18)17-8-7-16(19-17)14-9-12(14)2/h3-8,12,14-15,18H,9-10H2,1-2H3. The molecule has 3 unspecified atom stereocenters. The van der Waals surface area contributed by atoms with Crippen LogP contribution in [0.4, 0.5) is 0 Å². The molecule has 0 amide bonds. The molecule has 1 aliphatic rings. The van der Waals surface area contributed by atoms with E-state index >= 15 is 0 Å². The molecule has 1 saturated carbocycles. The van der Waals surface area contributed by atoms with Crippen LogP contribution in [0.5, 0.6) is 0 Å². The molecule has 0 spiro atoms. The van der Waals surface area contributed by atoms with Crippen molar-refractivity contribution >= 4 is 0 Å². The molecule has 3 atom stereocenters. The molecule has 1 aromatic heterocycles. The molecule has 2 nitrogen and oxygen atoms in total. The molecule has 0 bridgehead atoms. The Morgan fingerprint density at radius 3 is 2.68 bits per heavy atom. The van der Waals surface area contributed by atoms with Crippen molar-refractivity contribution in [3.05, 3.63) is 59.0 Å². The number of aliphatic hydroxyl groups is 1. The number of hydrogen-bond donors (Lipinski definition) is 1. The van der Waals surface area contributed by atoms with Crippen LogP contribution in [0.2, 0.25) is 0 Å². The lowest BCUT2D eigenvalue weighted by molar-refractivity contribution is 0.148. The SMILES string of the molecule is Cc1ccccc1CC(O)c1ccc(C2CC2C)o1. The first-order valence-corrected chi connectivity index (χ1v) is 6.97. The second-order valence-electron chi connectivity index (χ2n) is 5.71. The number of hydrogen-bond acceptors (Lipinski definition) is 2. The molecule has 1 aromatic carbocycles. The van der Waals surface area contributed by atoms with E-state index < -0.39 is 6.10 Å². The van der Waals surface area contributed by atoms with E-state index in [0.29, 0.717) is 18.1 Å². The minimum Gasteiger partial charge on any atom is -0.463 e. The lowest BCUT2D eigenvalue weighted by Crippen LogP contribution is -2.01. The number of rotatable bonds is 4. The van der Waals surface area contributed by atoms with Crippen molar-refractivity contribution in [3.63, 3.8) is 0 Å². The predicted octanol–water partition coefficient (Wildman–Crippen LogP) is 3.99. The van der Waals surface area contributed by atoms with Gasteiger partial charge in [0.05, 0.1) is 0 Å². The van der Waals surface area contributed by atoms with Crippen LogP contribution in [0.25, 0.3) is 0 Å². The van der Waals surface area contributed by atoms with E-state index in [1.807, 2.05) is 24.3 Å². The van der Waals surface area contributed by atoms with Gasteiger partial charge in [-0.15, -0.1) is 0 Å². The van der Waals surface area contributed by atoms with Crippen LogP contribution in [0.1, 0.15) is 48.0 Å². The van der Waals surface area contributed by atoms with E-state index in [-0.39, 0.29) is 0 Å². The van der Waals surface area contributed by atoms with Gasteiger partial charge in [0.1, 0.15) is 17.6 Å². The van der Waals surface area contributed by atoms with Crippen LogP contribution < -0.4 is 0 Å². The molecule has 2 aromatic rings. The van der Waals surface area contributed by atoms with Crippen LogP contribution in [0, 0.1) is 12.8 Å². The molecule has 1 fully saturated rings. The molecule has 0 saturated heterocycles. The summed E-state index contributed by atoms with van der Waals surface area (Å²) in [7, 11) is 0. The monoisotopic (exact) mass is 256 g/mol. The third-order valence-electron chi connectivity index (χ3n) is 4.13. The van der Waals surface area contributed by atoms with Gasteiger partial charge in [0, 0.05) is 12.3 Å². The van der Waals surface area contributed by atoms with Gasteiger partial charge in [-0.3, -0.25) is 0 Å².